The van der Waals surface area contributed by atoms with Crippen LogP contribution in [-0.4, -0.2) is 22.7 Å². The minimum atomic E-state index is -0.737. The third-order valence-corrected chi connectivity index (χ3v) is 4.43. The van der Waals surface area contributed by atoms with Crippen LogP contribution in [0.5, 0.6) is 0 Å². The molecule has 2 aliphatic rings. The van der Waals surface area contributed by atoms with Gasteiger partial charge in [-0.15, -0.1) is 0 Å². The van der Waals surface area contributed by atoms with Gasteiger partial charge >= 0.3 is 5.97 Å². The van der Waals surface area contributed by atoms with Crippen molar-refractivity contribution in [3.8, 4) is 0 Å². The molecule has 3 rings (SSSR count). The normalized spacial score (nSPS) is 27.3. The number of benzene rings is 1. The number of carboxylic acid groups (broad SMARTS) is 1. The number of fused-ring (bicyclic) bond motifs is 1. The number of aliphatic carboxylic acids is 1. The molecule has 0 saturated heterocycles. The van der Waals surface area contributed by atoms with Crippen molar-refractivity contribution in [2.45, 2.75) is 50.1 Å². The van der Waals surface area contributed by atoms with Crippen molar-refractivity contribution in [2.75, 3.05) is 0 Å². The summed E-state index contributed by atoms with van der Waals surface area (Å²) in [5, 5.41) is 13.0. The molecule has 1 aromatic rings. The Hall–Kier alpha value is -1.35. The number of rotatable bonds is 3. The third kappa shape index (κ3) is 1.93. The van der Waals surface area contributed by atoms with Crippen LogP contribution in [-0.2, 0) is 17.6 Å². The molecule has 2 aliphatic carbocycles. The van der Waals surface area contributed by atoms with Gasteiger partial charge in [-0.2, -0.15) is 0 Å². The highest BCUT2D eigenvalue weighted by atomic mass is 16.4. The largest absolute Gasteiger partial charge is 0.480 e. The van der Waals surface area contributed by atoms with Crippen LogP contribution >= 0.6 is 0 Å². The zero-order chi connectivity index (χ0) is 12.6. The van der Waals surface area contributed by atoms with E-state index in [9.17, 15) is 9.90 Å². The molecule has 0 aromatic heterocycles. The van der Waals surface area contributed by atoms with Gasteiger partial charge in [-0.1, -0.05) is 30.7 Å². The molecule has 0 aliphatic heterocycles. The Balaban J connectivity index is 1.86. The van der Waals surface area contributed by atoms with E-state index in [-0.39, 0.29) is 0 Å². The quantitative estimate of drug-likeness (QED) is 0.857. The van der Waals surface area contributed by atoms with E-state index in [0.29, 0.717) is 18.9 Å². The first-order chi connectivity index (χ1) is 8.70. The summed E-state index contributed by atoms with van der Waals surface area (Å²) in [6, 6.07) is 8.62. The number of hydrogen-bond acceptors (Lipinski definition) is 2. The summed E-state index contributed by atoms with van der Waals surface area (Å²) >= 11 is 0. The monoisotopic (exact) mass is 245 g/mol. The van der Waals surface area contributed by atoms with Crippen LogP contribution in [0.1, 0.15) is 36.8 Å². The fourth-order valence-corrected chi connectivity index (χ4v) is 3.05. The Kier molecular flexibility index (Phi) is 2.86. The summed E-state index contributed by atoms with van der Waals surface area (Å²) in [4.78, 5) is 11.7. The van der Waals surface area contributed by atoms with Gasteiger partial charge in [0.05, 0.1) is 0 Å². The molecule has 96 valence electrons. The molecule has 18 heavy (non-hydrogen) atoms. The van der Waals surface area contributed by atoms with E-state index < -0.39 is 11.5 Å². The predicted octanol–water partition coefficient (Wildman–Crippen LogP) is 2.14. The number of carboxylic acids is 1. The molecular formula is C15H19NO2. The second-order valence-electron chi connectivity index (χ2n) is 5.60. The summed E-state index contributed by atoms with van der Waals surface area (Å²) in [5.74, 6) is -0.691. The summed E-state index contributed by atoms with van der Waals surface area (Å²) in [6.45, 7) is 0. The van der Waals surface area contributed by atoms with Gasteiger partial charge in [0.25, 0.3) is 0 Å². The van der Waals surface area contributed by atoms with Crippen LogP contribution in [0.25, 0.3) is 0 Å². The molecule has 1 fully saturated rings. The summed E-state index contributed by atoms with van der Waals surface area (Å²) in [5.41, 5.74) is 1.77. The van der Waals surface area contributed by atoms with Crippen molar-refractivity contribution in [1.29, 1.82) is 0 Å². The fraction of sp³-hybridized carbons (Fsp3) is 0.533. The van der Waals surface area contributed by atoms with Crippen molar-refractivity contribution in [3.63, 3.8) is 0 Å². The SMILES string of the molecule is O=C(O)C1(NC2CCC2)CCc2ccccc2C1. The first kappa shape index (κ1) is 11.7. The van der Waals surface area contributed by atoms with Crippen LogP contribution in [0, 0.1) is 0 Å². The van der Waals surface area contributed by atoms with E-state index in [1.807, 2.05) is 12.1 Å². The van der Waals surface area contributed by atoms with Crippen molar-refractivity contribution >= 4 is 5.97 Å². The highest BCUT2D eigenvalue weighted by Crippen LogP contribution is 2.32. The lowest BCUT2D eigenvalue weighted by molar-refractivity contribution is -0.146. The Morgan fingerprint density at radius 2 is 2.00 bits per heavy atom. The lowest BCUT2D eigenvalue weighted by atomic mass is 9.76. The van der Waals surface area contributed by atoms with Gasteiger partial charge in [0.15, 0.2) is 0 Å². The molecule has 0 amide bonds. The fourth-order valence-electron chi connectivity index (χ4n) is 3.05. The van der Waals surface area contributed by atoms with Crippen molar-refractivity contribution in [2.24, 2.45) is 0 Å². The molecule has 2 N–H and O–H groups in total. The van der Waals surface area contributed by atoms with Gasteiger partial charge in [-0.3, -0.25) is 10.1 Å². The second kappa shape index (κ2) is 4.39. The summed E-state index contributed by atoms with van der Waals surface area (Å²) in [7, 11) is 0. The van der Waals surface area contributed by atoms with Gasteiger partial charge in [0.2, 0.25) is 0 Å². The van der Waals surface area contributed by atoms with E-state index in [1.54, 1.807) is 0 Å². The first-order valence-corrected chi connectivity index (χ1v) is 6.77. The number of nitrogens with one attached hydrogen (secondary N) is 1. The molecule has 1 atom stereocenters. The minimum Gasteiger partial charge on any atom is -0.480 e. The Bertz CT molecular complexity index is 467. The smallest absolute Gasteiger partial charge is 0.324 e. The molecule has 1 aromatic carbocycles. The number of carbonyl (C=O) groups is 1. The standard InChI is InChI=1S/C15H19NO2/c17-14(18)15(16-13-6-3-7-13)9-8-11-4-1-2-5-12(11)10-15/h1-2,4-5,13,16H,3,6-10H2,(H,17,18). The highest BCUT2D eigenvalue weighted by molar-refractivity contribution is 5.80. The van der Waals surface area contributed by atoms with Gasteiger partial charge < -0.3 is 5.11 Å². The van der Waals surface area contributed by atoms with Gasteiger partial charge in [0, 0.05) is 12.5 Å². The lowest BCUT2D eigenvalue weighted by Gasteiger charge is -2.41. The molecule has 0 spiro atoms. The highest BCUT2D eigenvalue weighted by Gasteiger charge is 2.43. The predicted molar refractivity (Wildman–Crippen MR) is 69.6 cm³/mol. The zero-order valence-electron chi connectivity index (χ0n) is 10.5. The molecule has 1 unspecified atom stereocenters. The van der Waals surface area contributed by atoms with Crippen LogP contribution in [0.2, 0.25) is 0 Å². The van der Waals surface area contributed by atoms with Crippen LogP contribution < -0.4 is 5.32 Å². The average Bonchev–Trinajstić information content (AvgIpc) is 2.33. The maximum atomic E-state index is 11.7. The second-order valence-corrected chi connectivity index (χ2v) is 5.60. The van der Waals surface area contributed by atoms with Gasteiger partial charge in [-0.25, -0.2) is 0 Å². The summed E-state index contributed by atoms with van der Waals surface area (Å²) < 4.78 is 0. The van der Waals surface area contributed by atoms with E-state index in [0.717, 1.165) is 19.3 Å². The first-order valence-electron chi connectivity index (χ1n) is 6.77. The van der Waals surface area contributed by atoms with E-state index in [4.69, 9.17) is 0 Å². The molecule has 3 nitrogen and oxygen atoms in total. The topological polar surface area (TPSA) is 49.3 Å². The van der Waals surface area contributed by atoms with Crippen LogP contribution in [0.3, 0.4) is 0 Å². The molecule has 1 saturated carbocycles. The minimum absolute atomic E-state index is 0.409. The Labute approximate surface area is 107 Å². The Morgan fingerprint density at radius 3 is 2.61 bits per heavy atom. The molecular weight excluding hydrogens is 226 g/mol. The van der Waals surface area contributed by atoms with E-state index in [1.165, 1.54) is 17.5 Å². The van der Waals surface area contributed by atoms with Gasteiger partial charge in [0.1, 0.15) is 5.54 Å². The number of aryl methyl sites for hydroxylation is 1. The van der Waals surface area contributed by atoms with Crippen molar-refractivity contribution < 1.29 is 9.90 Å². The molecule has 0 bridgehead atoms. The maximum absolute atomic E-state index is 11.7. The van der Waals surface area contributed by atoms with E-state index >= 15 is 0 Å². The average molecular weight is 245 g/mol. The lowest BCUT2D eigenvalue weighted by Crippen LogP contribution is -2.60. The van der Waals surface area contributed by atoms with Crippen LogP contribution in [0.15, 0.2) is 24.3 Å². The van der Waals surface area contributed by atoms with Crippen LogP contribution in [0.4, 0.5) is 0 Å². The van der Waals surface area contributed by atoms with Crippen molar-refractivity contribution in [1.82, 2.24) is 5.32 Å². The maximum Gasteiger partial charge on any atom is 0.324 e. The zero-order valence-corrected chi connectivity index (χ0v) is 10.5. The van der Waals surface area contributed by atoms with Crippen molar-refractivity contribution in [3.05, 3.63) is 35.4 Å². The molecule has 0 heterocycles. The number of hydrogen-bond donors (Lipinski definition) is 2. The molecule has 3 heteroatoms. The van der Waals surface area contributed by atoms with Gasteiger partial charge in [-0.05, 0) is 36.8 Å². The Morgan fingerprint density at radius 1 is 1.28 bits per heavy atom. The third-order valence-electron chi connectivity index (χ3n) is 4.43. The van der Waals surface area contributed by atoms with E-state index in [2.05, 4.69) is 17.4 Å². The summed E-state index contributed by atoms with van der Waals surface area (Å²) in [6.07, 6.45) is 5.66. The molecule has 0 radical (unpaired) electrons.